The lowest BCUT2D eigenvalue weighted by atomic mass is 10.2. The number of sulfonamides is 1. The molecule has 0 atom stereocenters. The average molecular weight is 476 g/mol. The fourth-order valence-corrected chi connectivity index (χ4v) is 5.58. The van der Waals surface area contributed by atoms with Gasteiger partial charge in [-0.05, 0) is 43.3 Å². The topological polar surface area (TPSA) is 115 Å². The van der Waals surface area contributed by atoms with Gasteiger partial charge in [-0.1, -0.05) is 17.4 Å². The van der Waals surface area contributed by atoms with Crippen molar-refractivity contribution < 1.29 is 27.5 Å². The largest absolute Gasteiger partial charge is 0.462 e. The molecule has 4 rings (SSSR count). The van der Waals surface area contributed by atoms with E-state index in [-0.39, 0.29) is 30.2 Å². The van der Waals surface area contributed by atoms with Gasteiger partial charge >= 0.3 is 5.97 Å². The van der Waals surface area contributed by atoms with Crippen LogP contribution in [0.25, 0.3) is 10.2 Å². The zero-order valence-electron chi connectivity index (χ0n) is 17.2. The quantitative estimate of drug-likeness (QED) is 0.545. The minimum Gasteiger partial charge on any atom is -0.462 e. The zero-order chi connectivity index (χ0) is 22.7. The summed E-state index contributed by atoms with van der Waals surface area (Å²) in [4.78, 5) is 29.1. The van der Waals surface area contributed by atoms with Gasteiger partial charge < -0.3 is 9.47 Å². The van der Waals surface area contributed by atoms with E-state index >= 15 is 0 Å². The molecular weight excluding hydrogens is 454 g/mol. The summed E-state index contributed by atoms with van der Waals surface area (Å²) in [6.07, 6.45) is 0. The highest BCUT2D eigenvalue weighted by Gasteiger charge is 2.27. The number of hydrogen-bond acceptors (Lipinski definition) is 8. The summed E-state index contributed by atoms with van der Waals surface area (Å²) >= 11 is 1.21. The van der Waals surface area contributed by atoms with Gasteiger partial charge in [0.25, 0.3) is 5.91 Å². The van der Waals surface area contributed by atoms with Crippen LogP contribution in [0.4, 0.5) is 5.13 Å². The number of nitrogens with zero attached hydrogens (tertiary/aromatic N) is 2. The van der Waals surface area contributed by atoms with Crippen molar-refractivity contribution in [2.45, 2.75) is 11.8 Å². The molecule has 0 saturated carbocycles. The summed E-state index contributed by atoms with van der Waals surface area (Å²) in [5.74, 6) is -0.902. The van der Waals surface area contributed by atoms with Crippen LogP contribution in [0.2, 0.25) is 0 Å². The Labute approximate surface area is 189 Å². The van der Waals surface area contributed by atoms with Crippen molar-refractivity contribution >= 4 is 48.6 Å². The number of rotatable bonds is 6. The molecule has 0 unspecified atom stereocenters. The number of hydrogen-bond donors (Lipinski definition) is 1. The number of esters is 1. The first-order chi connectivity index (χ1) is 15.4. The van der Waals surface area contributed by atoms with E-state index in [0.717, 1.165) is 4.70 Å². The highest BCUT2D eigenvalue weighted by atomic mass is 32.2. The summed E-state index contributed by atoms with van der Waals surface area (Å²) in [6.45, 7) is 3.25. The SMILES string of the molecule is CCOC(=O)c1ccc2nc(NC(=O)c3cccc(S(=O)(=O)N4CCOCC4)c3)sc2c1. The van der Waals surface area contributed by atoms with Crippen LogP contribution in [-0.2, 0) is 19.5 Å². The van der Waals surface area contributed by atoms with Crippen molar-refractivity contribution in [3.05, 3.63) is 53.6 Å². The molecule has 3 aromatic rings. The van der Waals surface area contributed by atoms with Gasteiger partial charge in [0.2, 0.25) is 10.0 Å². The second-order valence-corrected chi connectivity index (χ2v) is 9.89. The Morgan fingerprint density at radius 2 is 1.94 bits per heavy atom. The number of benzene rings is 2. The Morgan fingerprint density at radius 1 is 1.16 bits per heavy atom. The Balaban J connectivity index is 1.53. The Hall–Kier alpha value is -2.86. The molecule has 1 aliphatic rings. The molecule has 2 aromatic carbocycles. The molecule has 1 amide bonds. The van der Waals surface area contributed by atoms with Gasteiger partial charge in [0, 0.05) is 18.7 Å². The van der Waals surface area contributed by atoms with Crippen LogP contribution in [-0.4, -0.2) is 62.5 Å². The van der Waals surface area contributed by atoms with Crippen molar-refractivity contribution in [2.75, 3.05) is 38.2 Å². The molecule has 1 fully saturated rings. The van der Waals surface area contributed by atoms with Gasteiger partial charge in [-0.3, -0.25) is 10.1 Å². The van der Waals surface area contributed by atoms with Crippen LogP contribution in [0, 0.1) is 0 Å². The van der Waals surface area contributed by atoms with Gasteiger partial charge in [0.15, 0.2) is 5.13 Å². The number of carbonyl (C=O) groups excluding carboxylic acids is 2. The van der Waals surface area contributed by atoms with Gasteiger partial charge in [0.05, 0.1) is 40.5 Å². The van der Waals surface area contributed by atoms with Crippen LogP contribution in [0.1, 0.15) is 27.6 Å². The molecule has 168 valence electrons. The van der Waals surface area contributed by atoms with Crippen LogP contribution in [0.3, 0.4) is 0 Å². The molecular formula is C21H21N3O6S2. The number of thiazole rings is 1. The smallest absolute Gasteiger partial charge is 0.338 e. The molecule has 0 aliphatic carbocycles. The third-order valence-corrected chi connectivity index (χ3v) is 7.65. The number of anilines is 1. The maximum absolute atomic E-state index is 12.9. The molecule has 1 N–H and O–H groups in total. The Kier molecular flexibility index (Phi) is 6.51. The molecule has 0 radical (unpaired) electrons. The number of fused-ring (bicyclic) bond motifs is 1. The standard InChI is InChI=1S/C21H21N3O6S2/c1-2-30-20(26)15-6-7-17-18(13-15)31-21(22-17)23-19(25)14-4-3-5-16(12-14)32(27,28)24-8-10-29-11-9-24/h3-7,12-13H,2,8-11H2,1H3,(H,22,23,25). The predicted molar refractivity (Wildman–Crippen MR) is 120 cm³/mol. The number of ether oxygens (including phenoxy) is 2. The third kappa shape index (κ3) is 4.65. The first-order valence-electron chi connectivity index (χ1n) is 9.95. The van der Waals surface area contributed by atoms with E-state index in [2.05, 4.69) is 10.3 Å². The van der Waals surface area contributed by atoms with Crippen LogP contribution < -0.4 is 5.32 Å². The second-order valence-electron chi connectivity index (χ2n) is 6.92. The molecule has 0 spiro atoms. The molecule has 0 bridgehead atoms. The highest BCUT2D eigenvalue weighted by molar-refractivity contribution is 7.89. The second kappa shape index (κ2) is 9.33. The summed E-state index contributed by atoms with van der Waals surface area (Å²) in [6, 6.07) is 10.9. The summed E-state index contributed by atoms with van der Waals surface area (Å²) in [5.41, 5.74) is 1.23. The maximum Gasteiger partial charge on any atom is 0.338 e. The van der Waals surface area contributed by atoms with Crippen molar-refractivity contribution in [1.29, 1.82) is 0 Å². The normalized spacial score (nSPS) is 14.9. The average Bonchev–Trinajstić information content (AvgIpc) is 3.21. The van der Waals surface area contributed by atoms with E-state index in [9.17, 15) is 18.0 Å². The molecule has 32 heavy (non-hydrogen) atoms. The zero-order valence-corrected chi connectivity index (χ0v) is 18.9. The van der Waals surface area contributed by atoms with Crippen molar-refractivity contribution in [2.24, 2.45) is 0 Å². The van der Waals surface area contributed by atoms with Crippen molar-refractivity contribution in [3.63, 3.8) is 0 Å². The summed E-state index contributed by atoms with van der Waals surface area (Å²) < 4.78 is 38.0. The molecule has 1 aliphatic heterocycles. The number of nitrogens with one attached hydrogen (secondary N) is 1. The van der Waals surface area contributed by atoms with E-state index in [1.54, 1.807) is 31.2 Å². The number of amides is 1. The van der Waals surface area contributed by atoms with E-state index in [0.29, 0.717) is 29.4 Å². The van der Waals surface area contributed by atoms with E-state index < -0.39 is 21.9 Å². The lowest BCUT2D eigenvalue weighted by molar-refractivity contribution is 0.0526. The lowest BCUT2D eigenvalue weighted by Gasteiger charge is -2.26. The highest BCUT2D eigenvalue weighted by Crippen LogP contribution is 2.28. The molecule has 11 heteroatoms. The first-order valence-corrected chi connectivity index (χ1v) is 12.2. The first kappa shape index (κ1) is 22.3. The minimum atomic E-state index is -3.71. The Bertz CT molecular complexity index is 1270. The molecule has 1 saturated heterocycles. The Morgan fingerprint density at radius 3 is 2.69 bits per heavy atom. The lowest BCUT2D eigenvalue weighted by Crippen LogP contribution is -2.40. The number of morpholine rings is 1. The van der Waals surface area contributed by atoms with Gasteiger partial charge in [0.1, 0.15) is 0 Å². The molecule has 9 nitrogen and oxygen atoms in total. The fraction of sp³-hybridized carbons (Fsp3) is 0.286. The number of carbonyl (C=O) groups is 2. The van der Waals surface area contributed by atoms with Crippen molar-refractivity contribution in [3.8, 4) is 0 Å². The van der Waals surface area contributed by atoms with Crippen LogP contribution in [0.15, 0.2) is 47.4 Å². The predicted octanol–water partition coefficient (Wildman–Crippen LogP) is 2.75. The van der Waals surface area contributed by atoms with Crippen LogP contribution >= 0.6 is 11.3 Å². The fourth-order valence-electron chi connectivity index (χ4n) is 3.22. The van der Waals surface area contributed by atoms with Gasteiger partial charge in [-0.2, -0.15) is 4.31 Å². The van der Waals surface area contributed by atoms with Gasteiger partial charge in [-0.25, -0.2) is 18.2 Å². The molecule has 1 aromatic heterocycles. The monoisotopic (exact) mass is 475 g/mol. The third-order valence-electron chi connectivity index (χ3n) is 4.82. The maximum atomic E-state index is 12.9. The van der Waals surface area contributed by atoms with Crippen LogP contribution in [0.5, 0.6) is 0 Å². The van der Waals surface area contributed by atoms with Crippen molar-refractivity contribution in [1.82, 2.24) is 9.29 Å². The van der Waals surface area contributed by atoms with E-state index in [1.807, 2.05) is 0 Å². The molecule has 2 heterocycles. The minimum absolute atomic E-state index is 0.0513. The number of aromatic nitrogens is 1. The van der Waals surface area contributed by atoms with E-state index in [1.165, 1.54) is 33.8 Å². The summed E-state index contributed by atoms with van der Waals surface area (Å²) in [5, 5.41) is 3.04. The van der Waals surface area contributed by atoms with Gasteiger partial charge in [-0.15, -0.1) is 0 Å². The van der Waals surface area contributed by atoms with E-state index in [4.69, 9.17) is 9.47 Å². The summed E-state index contributed by atoms with van der Waals surface area (Å²) in [7, 11) is -3.71.